The number of anilines is 2. The van der Waals surface area contributed by atoms with Crippen LogP contribution in [0, 0.1) is 0 Å². The molecule has 2 rings (SSSR count). The molecule has 2 N–H and O–H groups in total. The fraction of sp³-hybridized carbons (Fsp3) is 0.500. The predicted octanol–water partition coefficient (Wildman–Crippen LogP) is 1.17. The van der Waals surface area contributed by atoms with Crippen LogP contribution in [0.5, 0.6) is 0 Å². The molecule has 2 aromatic rings. The Morgan fingerprint density at radius 2 is 2.11 bits per heavy atom. The number of nitrogens with one attached hydrogen (secondary N) is 2. The smallest absolute Gasteiger partial charge is 0.132 e. The first-order valence-corrected chi connectivity index (χ1v) is 6.45. The topological polar surface area (TPSA) is 80.5 Å². The summed E-state index contributed by atoms with van der Waals surface area (Å²) in [6.45, 7) is 3.73. The van der Waals surface area contributed by atoms with Crippen LogP contribution >= 0.6 is 0 Å². The molecule has 0 aliphatic carbocycles. The maximum atomic E-state index is 4.44. The molecule has 2 aromatic heterocycles. The molecular weight excluding hydrogens is 242 g/mol. The van der Waals surface area contributed by atoms with Crippen LogP contribution in [-0.2, 0) is 13.0 Å². The molecular formula is C12H19N7. The predicted molar refractivity (Wildman–Crippen MR) is 74.1 cm³/mol. The van der Waals surface area contributed by atoms with Crippen molar-refractivity contribution in [3.05, 3.63) is 24.3 Å². The van der Waals surface area contributed by atoms with Crippen molar-refractivity contribution in [2.45, 2.75) is 26.3 Å². The van der Waals surface area contributed by atoms with Crippen LogP contribution in [0.15, 0.2) is 18.5 Å². The molecule has 0 atom stereocenters. The monoisotopic (exact) mass is 261 g/mol. The quantitative estimate of drug-likeness (QED) is 0.728. The van der Waals surface area contributed by atoms with Crippen LogP contribution in [0.3, 0.4) is 0 Å². The molecule has 0 amide bonds. The lowest BCUT2D eigenvalue weighted by molar-refractivity contribution is 0.569. The number of aromatic nitrogens is 5. The zero-order valence-electron chi connectivity index (χ0n) is 11.3. The third kappa shape index (κ3) is 3.90. The van der Waals surface area contributed by atoms with Crippen molar-refractivity contribution < 1.29 is 0 Å². The first kappa shape index (κ1) is 13.3. The average molecular weight is 261 g/mol. The molecule has 0 radical (unpaired) electrons. The highest BCUT2D eigenvalue weighted by atomic mass is 15.4. The van der Waals surface area contributed by atoms with Gasteiger partial charge in [-0.1, -0.05) is 12.1 Å². The van der Waals surface area contributed by atoms with Crippen molar-refractivity contribution in [1.29, 1.82) is 0 Å². The fourth-order valence-electron chi connectivity index (χ4n) is 1.68. The number of aryl methyl sites for hydroxylation is 2. The molecule has 0 spiro atoms. The maximum absolute atomic E-state index is 4.44. The summed E-state index contributed by atoms with van der Waals surface area (Å²) < 4.78 is 1.82. The van der Waals surface area contributed by atoms with Crippen LogP contribution in [0.2, 0.25) is 0 Å². The normalized spacial score (nSPS) is 10.4. The van der Waals surface area contributed by atoms with Crippen LogP contribution in [0.4, 0.5) is 11.6 Å². The minimum atomic E-state index is 0.823. The van der Waals surface area contributed by atoms with E-state index in [-0.39, 0.29) is 0 Å². The Labute approximate surface area is 112 Å². The molecule has 0 fully saturated rings. The van der Waals surface area contributed by atoms with Crippen molar-refractivity contribution in [2.75, 3.05) is 24.2 Å². The summed E-state index contributed by atoms with van der Waals surface area (Å²) in [7, 11) is 1.86. The standard InChI is InChI=1S/C12H19N7/c1-3-10-16-11(13-2)9-12(17-10)14-5-4-7-19-8-6-15-18-19/h6,8-9H,3-5,7H2,1-2H3,(H2,13,14,16,17). The second-order valence-electron chi connectivity index (χ2n) is 4.10. The van der Waals surface area contributed by atoms with Crippen molar-refractivity contribution in [1.82, 2.24) is 25.0 Å². The highest BCUT2D eigenvalue weighted by molar-refractivity contribution is 5.47. The Morgan fingerprint density at radius 1 is 1.26 bits per heavy atom. The summed E-state index contributed by atoms with van der Waals surface area (Å²) in [4.78, 5) is 8.79. The van der Waals surface area contributed by atoms with Crippen molar-refractivity contribution in [3.8, 4) is 0 Å². The van der Waals surface area contributed by atoms with Gasteiger partial charge in [0.2, 0.25) is 0 Å². The molecule has 2 heterocycles. The van der Waals surface area contributed by atoms with E-state index in [0.717, 1.165) is 43.4 Å². The largest absolute Gasteiger partial charge is 0.373 e. The van der Waals surface area contributed by atoms with Crippen molar-refractivity contribution in [2.24, 2.45) is 0 Å². The Bertz CT molecular complexity index is 473. The van der Waals surface area contributed by atoms with E-state index in [4.69, 9.17) is 0 Å². The molecule has 0 aliphatic heterocycles. The van der Waals surface area contributed by atoms with Gasteiger partial charge < -0.3 is 10.6 Å². The molecule has 0 unspecified atom stereocenters. The summed E-state index contributed by atoms with van der Waals surface area (Å²) in [5.74, 6) is 2.53. The summed E-state index contributed by atoms with van der Waals surface area (Å²) in [6, 6.07) is 1.91. The van der Waals surface area contributed by atoms with E-state index >= 15 is 0 Å². The van der Waals surface area contributed by atoms with Gasteiger partial charge in [-0.2, -0.15) is 0 Å². The van der Waals surface area contributed by atoms with E-state index < -0.39 is 0 Å². The second kappa shape index (κ2) is 6.67. The molecule has 7 nitrogen and oxygen atoms in total. The highest BCUT2D eigenvalue weighted by Gasteiger charge is 2.02. The zero-order chi connectivity index (χ0) is 13.5. The van der Waals surface area contributed by atoms with E-state index in [9.17, 15) is 0 Å². The first-order chi connectivity index (χ1) is 9.31. The van der Waals surface area contributed by atoms with Gasteiger partial charge >= 0.3 is 0 Å². The highest BCUT2D eigenvalue weighted by Crippen LogP contribution is 2.11. The van der Waals surface area contributed by atoms with Crippen LogP contribution in [0.1, 0.15) is 19.2 Å². The Kier molecular flexibility index (Phi) is 4.66. The van der Waals surface area contributed by atoms with Gasteiger partial charge in [-0.05, 0) is 6.42 Å². The number of nitrogens with zero attached hydrogens (tertiary/aromatic N) is 5. The molecule has 19 heavy (non-hydrogen) atoms. The molecule has 0 saturated carbocycles. The van der Waals surface area contributed by atoms with Crippen molar-refractivity contribution >= 4 is 11.6 Å². The summed E-state index contributed by atoms with van der Waals surface area (Å²) in [6.07, 6.45) is 5.33. The third-order valence-electron chi connectivity index (χ3n) is 2.69. The minimum Gasteiger partial charge on any atom is -0.373 e. The Hall–Kier alpha value is -2.18. The lowest BCUT2D eigenvalue weighted by Gasteiger charge is -2.09. The van der Waals surface area contributed by atoms with Gasteiger partial charge in [0.25, 0.3) is 0 Å². The molecule has 0 bridgehead atoms. The number of hydrogen-bond acceptors (Lipinski definition) is 6. The van der Waals surface area contributed by atoms with Crippen LogP contribution in [-0.4, -0.2) is 38.6 Å². The van der Waals surface area contributed by atoms with Gasteiger partial charge in [-0.3, -0.25) is 4.68 Å². The minimum absolute atomic E-state index is 0.823. The molecule has 7 heteroatoms. The fourth-order valence-corrected chi connectivity index (χ4v) is 1.68. The van der Waals surface area contributed by atoms with Crippen LogP contribution in [0.25, 0.3) is 0 Å². The molecule has 102 valence electrons. The first-order valence-electron chi connectivity index (χ1n) is 6.45. The lowest BCUT2D eigenvalue weighted by Crippen LogP contribution is -2.10. The SMILES string of the molecule is CCc1nc(NC)cc(NCCCn2ccnn2)n1. The second-order valence-corrected chi connectivity index (χ2v) is 4.10. The summed E-state index contributed by atoms with van der Waals surface area (Å²) in [5.41, 5.74) is 0. The van der Waals surface area contributed by atoms with Gasteiger partial charge in [0.1, 0.15) is 17.5 Å². The number of rotatable bonds is 7. The lowest BCUT2D eigenvalue weighted by atomic mass is 10.4. The Balaban J connectivity index is 1.84. The maximum Gasteiger partial charge on any atom is 0.132 e. The van der Waals surface area contributed by atoms with Crippen LogP contribution < -0.4 is 10.6 Å². The van der Waals surface area contributed by atoms with Crippen molar-refractivity contribution in [3.63, 3.8) is 0 Å². The van der Waals surface area contributed by atoms with Gasteiger partial charge in [0, 0.05) is 38.8 Å². The zero-order valence-corrected chi connectivity index (χ0v) is 11.3. The number of hydrogen-bond donors (Lipinski definition) is 2. The van der Waals surface area contributed by atoms with E-state index in [1.54, 1.807) is 6.20 Å². The van der Waals surface area contributed by atoms with E-state index in [1.165, 1.54) is 0 Å². The van der Waals surface area contributed by atoms with E-state index in [1.807, 2.05) is 30.9 Å². The van der Waals surface area contributed by atoms with Gasteiger partial charge in [0.05, 0.1) is 6.20 Å². The van der Waals surface area contributed by atoms with Gasteiger partial charge in [0.15, 0.2) is 0 Å². The third-order valence-corrected chi connectivity index (χ3v) is 2.69. The summed E-state index contributed by atoms with van der Waals surface area (Å²) in [5, 5.41) is 14.0. The molecule has 0 aromatic carbocycles. The summed E-state index contributed by atoms with van der Waals surface area (Å²) >= 11 is 0. The average Bonchev–Trinajstić information content (AvgIpc) is 2.96. The Morgan fingerprint density at radius 3 is 2.79 bits per heavy atom. The molecule has 0 aliphatic rings. The van der Waals surface area contributed by atoms with E-state index in [2.05, 4.69) is 30.9 Å². The van der Waals surface area contributed by atoms with Gasteiger partial charge in [-0.25, -0.2) is 9.97 Å². The molecule has 0 saturated heterocycles. The van der Waals surface area contributed by atoms with Gasteiger partial charge in [-0.15, -0.1) is 5.10 Å². The van der Waals surface area contributed by atoms with E-state index in [0.29, 0.717) is 0 Å².